The number of H-pyrrole nitrogens is 1. The minimum atomic E-state index is -0.864. The van der Waals surface area contributed by atoms with E-state index in [0.717, 1.165) is 5.69 Å². The number of rotatable bonds is 8. The number of aliphatic hydroxyl groups excluding tert-OH is 1. The van der Waals surface area contributed by atoms with Crippen LogP contribution in [0.15, 0.2) is 42.6 Å². The van der Waals surface area contributed by atoms with Gasteiger partial charge in [0.2, 0.25) is 0 Å². The second-order valence-electron chi connectivity index (χ2n) is 5.70. The molecular weight excluding hydrogens is 312 g/mol. The number of nitro groups is 1. The van der Waals surface area contributed by atoms with E-state index in [-0.39, 0.29) is 24.0 Å². The first-order valence-corrected chi connectivity index (χ1v) is 7.59. The van der Waals surface area contributed by atoms with Crippen LogP contribution in [0.1, 0.15) is 25.5 Å². The van der Waals surface area contributed by atoms with Gasteiger partial charge in [-0.05, 0) is 31.2 Å². The number of non-ortho nitro benzene ring substituents is 1. The molecule has 128 valence electrons. The number of nitro benzene ring substituents is 1. The summed E-state index contributed by atoms with van der Waals surface area (Å²) < 4.78 is 5.48. The number of ketones is 1. The number of Topliss-reactive ketones (excluding diaryl/α,β-unsaturated/α-hetero) is 1. The number of hydrogen-bond acceptors (Lipinski definition) is 5. The quantitative estimate of drug-likeness (QED) is 0.571. The van der Waals surface area contributed by atoms with Crippen LogP contribution in [-0.4, -0.2) is 33.5 Å². The zero-order valence-electron chi connectivity index (χ0n) is 13.5. The molecule has 0 aliphatic heterocycles. The zero-order chi connectivity index (χ0) is 17.7. The summed E-state index contributed by atoms with van der Waals surface area (Å²) in [6.07, 6.45) is 0.870. The van der Waals surface area contributed by atoms with Gasteiger partial charge in [-0.25, -0.2) is 0 Å². The highest BCUT2D eigenvalue weighted by Gasteiger charge is 2.30. The third-order valence-electron chi connectivity index (χ3n) is 4.00. The summed E-state index contributed by atoms with van der Waals surface area (Å²) in [6, 6.07) is 9.24. The van der Waals surface area contributed by atoms with Crippen LogP contribution in [0.5, 0.6) is 5.75 Å². The number of aliphatic hydroxyl groups is 1. The zero-order valence-corrected chi connectivity index (χ0v) is 13.5. The van der Waals surface area contributed by atoms with Crippen LogP contribution in [0.2, 0.25) is 0 Å². The maximum absolute atomic E-state index is 11.9. The van der Waals surface area contributed by atoms with Crippen LogP contribution in [0.4, 0.5) is 5.69 Å². The Hall–Kier alpha value is -2.67. The van der Waals surface area contributed by atoms with Crippen LogP contribution in [0, 0.1) is 16.0 Å². The van der Waals surface area contributed by atoms with E-state index in [9.17, 15) is 20.0 Å². The first-order valence-electron chi connectivity index (χ1n) is 7.59. The van der Waals surface area contributed by atoms with Gasteiger partial charge in [-0.15, -0.1) is 0 Å². The standard InChI is InChI=1S/C17H20N2O5/c1-11(17(12(2)20)15-4-3-9-18-15)16(21)10-24-14-7-5-13(6-8-14)19(22)23/h3-9,11,16-18,21H,10H2,1-2H3. The van der Waals surface area contributed by atoms with Crippen LogP contribution >= 0.6 is 0 Å². The number of aromatic amines is 1. The van der Waals surface area contributed by atoms with Crippen molar-refractivity contribution in [3.63, 3.8) is 0 Å². The van der Waals surface area contributed by atoms with Crippen molar-refractivity contribution >= 4 is 11.5 Å². The van der Waals surface area contributed by atoms with E-state index in [1.165, 1.54) is 31.2 Å². The third-order valence-corrected chi connectivity index (χ3v) is 4.00. The van der Waals surface area contributed by atoms with Crippen LogP contribution in [0.3, 0.4) is 0 Å². The first kappa shape index (κ1) is 17.7. The lowest BCUT2D eigenvalue weighted by Gasteiger charge is -2.25. The van der Waals surface area contributed by atoms with Gasteiger partial charge in [0.15, 0.2) is 0 Å². The number of carbonyl (C=O) groups excluding carboxylic acids is 1. The van der Waals surface area contributed by atoms with Gasteiger partial charge in [-0.2, -0.15) is 0 Å². The molecule has 24 heavy (non-hydrogen) atoms. The van der Waals surface area contributed by atoms with E-state index < -0.39 is 16.9 Å². The van der Waals surface area contributed by atoms with E-state index in [4.69, 9.17) is 4.74 Å². The summed E-state index contributed by atoms with van der Waals surface area (Å²) >= 11 is 0. The lowest BCUT2D eigenvalue weighted by molar-refractivity contribution is -0.384. The minimum absolute atomic E-state index is 0.0105. The fourth-order valence-electron chi connectivity index (χ4n) is 2.63. The number of nitrogens with zero attached hydrogens (tertiary/aromatic N) is 1. The molecule has 7 nitrogen and oxygen atoms in total. The van der Waals surface area contributed by atoms with Gasteiger partial charge in [0.25, 0.3) is 5.69 Å². The molecule has 3 atom stereocenters. The highest BCUT2D eigenvalue weighted by Crippen LogP contribution is 2.27. The molecule has 0 saturated carbocycles. The topological polar surface area (TPSA) is 105 Å². The lowest BCUT2D eigenvalue weighted by atomic mass is 9.84. The van der Waals surface area contributed by atoms with Crippen molar-refractivity contribution in [1.82, 2.24) is 4.98 Å². The van der Waals surface area contributed by atoms with E-state index in [1.807, 2.05) is 6.07 Å². The second kappa shape index (κ2) is 7.74. The molecule has 2 rings (SSSR count). The third kappa shape index (κ3) is 4.20. The van der Waals surface area contributed by atoms with Crippen LogP contribution in [-0.2, 0) is 4.79 Å². The fraction of sp³-hybridized carbons (Fsp3) is 0.353. The van der Waals surface area contributed by atoms with Crippen molar-refractivity contribution < 1.29 is 19.6 Å². The van der Waals surface area contributed by atoms with Gasteiger partial charge in [0, 0.05) is 29.9 Å². The number of ether oxygens (including phenoxy) is 1. The highest BCUT2D eigenvalue weighted by molar-refractivity contribution is 5.83. The summed E-state index contributed by atoms with van der Waals surface area (Å²) in [5, 5.41) is 20.9. The minimum Gasteiger partial charge on any atom is -0.491 e. The van der Waals surface area contributed by atoms with Crippen molar-refractivity contribution in [3.05, 3.63) is 58.4 Å². The Morgan fingerprint density at radius 1 is 1.33 bits per heavy atom. The molecule has 7 heteroatoms. The van der Waals surface area contributed by atoms with E-state index >= 15 is 0 Å². The van der Waals surface area contributed by atoms with Crippen molar-refractivity contribution in [2.45, 2.75) is 25.9 Å². The monoisotopic (exact) mass is 332 g/mol. The Morgan fingerprint density at radius 3 is 2.50 bits per heavy atom. The molecule has 0 fully saturated rings. The summed E-state index contributed by atoms with van der Waals surface area (Å²) in [6.45, 7) is 3.27. The Labute approximate surface area is 139 Å². The molecule has 0 amide bonds. The average Bonchev–Trinajstić information content (AvgIpc) is 3.06. The van der Waals surface area contributed by atoms with Gasteiger partial charge < -0.3 is 14.8 Å². The maximum atomic E-state index is 11.9. The van der Waals surface area contributed by atoms with Crippen molar-refractivity contribution in [2.24, 2.45) is 5.92 Å². The summed E-state index contributed by atoms with van der Waals surface area (Å²) in [4.78, 5) is 25.1. The van der Waals surface area contributed by atoms with E-state index in [1.54, 1.807) is 19.2 Å². The largest absolute Gasteiger partial charge is 0.491 e. The van der Waals surface area contributed by atoms with Gasteiger partial charge in [-0.1, -0.05) is 6.92 Å². The molecule has 2 aromatic rings. The van der Waals surface area contributed by atoms with Gasteiger partial charge in [0.1, 0.15) is 18.1 Å². The van der Waals surface area contributed by atoms with Crippen LogP contribution < -0.4 is 4.74 Å². The van der Waals surface area contributed by atoms with E-state index in [2.05, 4.69) is 4.98 Å². The lowest BCUT2D eigenvalue weighted by Crippen LogP contribution is -2.32. The number of benzene rings is 1. The molecule has 1 heterocycles. The Bertz CT molecular complexity index is 682. The molecule has 0 aliphatic carbocycles. The summed E-state index contributed by atoms with van der Waals surface area (Å²) in [5.74, 6) is -0.417. The fourth-order valence-corrected chi connectivity index (χ4v) is 2.63. The predicted molar refractivity (Wildman–Crippen MR) is 88.0 cm³/mol. The second-order valence-corrected chi connectivity index (χ2v) is 5.70. The molecule has 0 spiro atoms. The summed E-state index contributed by atoms with van der Waals surface area (Å²) in [7, 11) is 0. The highest BCUT2D eigenvalue weighted by atomic mass is 16.6. The van der Waals surface area contributed by atoms with Crippen LogP contribution in [0.25, 0.3) is 0 Å². The molecule has 0 bridgehead atoms. The number of aromatic nitrogens is 1. The maximum Gasteiger partial charge on any atom is 0.269 e. The molecule has 0 saturated heterocycles. The van der Waals surface area contributed by atoms with Crippen molar-refractivity contribution in [3.8, 4) is 5.75 Å². The number of nitrogens with one attached hydrogen (secondary N) is 1. The normalized spacial score (nSPS) is 14.6. The van der Waals surface area contributed by atoms with Gasteiger partial charge >= 0.3 is 0 Å². The molecular formula is C17H20N2O5. The predicted octanol–water partition coefficient (Wildman–Crippen LogP) is 2.67. The first-order chi connectivity index (χ1) is 11.4. The molecule has 1 aromatic heterocycles. The van der Waals surface area contributed by atoms with Crippen molar-refractivity contribution in [1.29, 1.82) is 0 Å². The van der Waals surface area contributed by atoms with E-state index in [0.29, 0.717) is 5.75 Å². The SMILES string of the molecule is CC(=O)C(c1ccc[nH]1)C(C)C(O)COc1ccc([N+](=O)[O-])cc1. The molecule has 0 aliphatic rings. The molecule has 1 aromatic carbocycles. The van der Waals surface area contributed by atoms with Gasteiger partial charge in [0.05, 0.1) is 16.9 Å². The Kier molecular flexibility index (Phi) is 5.70. The van der Waals surface area contributed by atoms with Gasteiger partial charge in [-0.3, -0.25) is 14.9 Å². The number of carbonyl (C=O) groups is 1. The Morgan fingerprint density at radius 2 is 2.00 bits per heavy atom. The Balaban J connectivity index is 1.99. The molecule has 3 unspecified atom stereocenters. The smallest absolute Gasteiger partial charge is 0.269 e. The van der Waals surface area contributed by atoms with Crippen molar-refractivity contribution in [2.75, 3.05) is 6.61 Å². The average molecular weight is 332 g/mol. The summed E-state index contributed by atoms with van der Waals surface area (Å²) in [5.41, 5.74) is 0.726. The molecule has 0 radical (unpaired) electrons. The number of hydrogen-bond donors (Lipinski definition) is 2. The molecule has 2 N–H and O–H groups in total.